The third-order valence-electron chi connectivity index (χ3n) is 5.78. The topological polar surface area (TPSA) is 74.2 Å². The van der Waals surface area contributed by atoms with Gasteiger partial charge in [0.05, 0.1) is 16.7 Å². The molecule has 0 saturated carbocycles. The molecule has 5 rings (SSSR count). The van der Waals surface area contributed by atoms with Crippen LogP contribution in [-0.2, 0) is 11.2 Å². The quantitative estimate of drug-likeness (QED) is 0.676. The smallest absolute Gasteiger partial charge is 0.250 e. The van der Waals surface area contributed by atoms with Gasteiger partial charge in [-0.1, -0.05) is 13.0 Å². The summed E-state index contributed by atoms with van der Waals surface area (Å²) in [6, 6.07) is 4.53. The maximum Gasteiger partial charge on any atom is 0.250 e. The molecule has 0 bridgehead atoms. The lowest BCUT2D eigenvalue weighted by atomic mass is 9.94. The van der Waals surface area contributed by atoms with Gasteiger partial charge < -0.3 is 9.88 Å². The van der Waals surface area contributed by atoms with Gasteiger partial charge in [-0.15, -0.1) is 11.3 Å². The van der Waals surface area contributed by atoms with Crippen molar-refractivity contribution in [1.29, 1.82) is 0 Å². The lowest BCUT2D eigenvalue weighted by Crippen LogP contribution is -2.41. The summed E-state index contributed by atoms with van der Waals surface area (Å²) in [5.74, 6) is 0.0191. The molecule has 0 aliphatic carbocycles. The third-order valence-corrected chi connectivity index (χ3v) is 6.85. The number of aromatic amines is 1. The molecular weight excluding hydrogens is 401 g/mol. The number of aromatic nitrogens is 3. The van der Waals surface area contributed by atoms with Crippen molar-refractivity contribution in [2.24, 2.45) is 10.9 Å². The van der Waals surface area contributed by atoms with Crippen LogP contribution in [0.3, 0.4) is 0 Å². The average molecular weight is 424 g/mol. The van der Waals surface area contributed by atoms with Crippen molar-refractivity contribution in [3.63, 3.8) is 0 Å². The first-order valence-electron chi connectivity index (χ1n) is 10.2. The van der Waals surface area contributed by atoms with Gasteiger partial charge in [-0.2, -0.15) is 0 Å². The minimum Gasteiger partial charge on any atom is -0.348 e. The number of rotatable bonds is 2. The third kappa shape index (κ3) is 3.35. The van der Waals surface area contributed by atoms with Crippen LogP contribution >= 0.6 is 11.3 Å². The van der Waals surface area contributed by atoms with E-state index in [9.17, 15) is 9.18 Å². The summed E-state index contributed by atoms with van der Waals surface area (Å²) in [6.45, 7) is 3.50. The highest BCUT2D eigenvalue weighted by atomic mass is 32.1. The van der Waals surface area contributed by atoms with Gasteiger partial charge in [-0.3, -0.25) is 9.79 Å². The van der Waals surface area contributed by atoms with Crippen molar-refractivity contribution in [1.82, 2.24) is 19.9 Å². The molecule has 1 N–H and O–H groups in total. The summed E-state index contributed by atoms with van der Waals surface area (Å²) in [4.78, 5) is 32.1. The minimum atomic E-state index is -0.428. The summed E-state index contributed by atoms with van der Waals surface area (Å²) < 4.78 is 15.1. The average Bonchev–Trinajstić information content (AvgIpc) is 3.36. The van der Waals surface area contributed by atoms with E-state index in [-0.39, 0.29) is 11.7 Å². The monoisotopic (exact) mass is 423 g/mol. The second kappa shape index (κ2) is 7.75. The molecular formula is C22H22FN5OS. The number of benzene rings is 1. The number of H-pyrrole nitrogens is 1. The Morgan fingerprint density at radius 2 is 2.27 bits per heavy atom. The van der Waals surface area contributed by atoms with E-state index in [0.29, 0.717) is 29.4 Å². The van der Waals surface area contributed by atoms with Crippen molar-refractivity contribution in [3.8, 4) is 0 Å². The van der Waals surface area contributed by atoms with E-state index in [1.165, 1.54) is 17.4 Å². The van der Waals surface area contributed by atoms with Gasteiger partial charge in [0, 0.05) is 37.0 Å². The van der Waals surface area contributed by atoms with Crippen LogP contribution in [0.25, 0.3) is 10.2 Å². The molecule has 0 fully saturated rings. The molecule has 30 heavy (non-hydrogen) atoms. The molecule has 2 aliphatic rings. The maximum atomic E-state index is 14.3. The first-order chi connectivity index (χ1) is 14.6. The predicted molar refractivity (Wildman–Crippen MR) is 115 cm³/mol. The number of fused-ring (bicyclic) bond motifs is 2. The lowest BCUT2D eigenvalue weighted by molar-refractivity contribution is -0.129. The van der Waals surface area contributed by atoms with Crippen LogP contribution in [0.1, 0.15) is 42.2 Å². The van der Waals surface area contributed by atoms with Crippen molar-refractivity contribution in [2.75, 3.05) is 13.1 Å². The SMILES string of the molecule is CC1CCN=C/C=C(/C(=O)N2CCc3[nH]cnc3[C@H]2c2nc3c(F)cccc3s2)C1. The number of carbonyl (C=O) groups excluding carboxylic acids is 1. The molecule has 8 heteroatoms. The fraction of sp³-hybridized carbons (Fsp3) is 0.364. The van der Waals surface area contributed by atoms with Gasteiger partial charge in [0.15, 0.2) is 0 Å². The standard InChI is InChI=1S/C22H22FN5OS/c1-13-5-8-24-9-6-14(11-13)22(29)28-10-7-16-19(26-12-25-16)20(28)21-27-18-15(23)3-2-4-17(18)30-21/h2-4,6,9,12-13,20H,5,7-8,10-11H2,1H3,(H,25,26)/b14-6+,24-9?/t13?,20-/m0/s1. The Morgan fingerprint density at radius 3 is 3.13 bits per heavy atom. The fourth-order valence-corrected chi connectivity index (χ4v) is 5.29. The number of carbonyl (C=O) groups is 1. The first kappa shape index (κ1) is 19.1. The Hall–Kier alpha value is -2.87. The second-order valence-electron chi connectivity index (χ2n) is 7.90. The highest BCUT2D eigenvalue weighted by Gasteiger charge is 2.37. The van der Waals surface area contributed by atoms with E-state index in [4.69, 9.17) is 0 Å². The van der Waals surface area contributed by atoms with Crippen LogP contribution in [0.4, 0.5) is 4.39 Å². The van der Waals surface area contributed by atoms with Crippen LogP contribution in [0.15, 0.2) is 41.2 Å². The van der Waals surface area contributed by atoms with Crippen molar-refractivity contribution in [3.05, 3.63) is 58.4 Å². The summed E-state index contributed by atoms with van der Waals surface area (Å²) in [7, 11) is 0. The van der Waals surface area contributed by atoms with Crippen molar-refractivity contribution >= 4 is 33.7 Å². The van der Waals surface area contributed by atoms with Crippen LogP contribution in [0.5, 0.6) is 0 Å². The molecule has 1 amide bonds. The zero-order chi connectivity index (χ0) is 20.7. The first-order valence-corrected chi connectivity index (χ1v) is 11.0. The van der Waals surface area contributed by atoms with E-state index in [1.807, 2.05) is 17.0 Å². The van der Waals surface area contributed by atoms with Crippen LogP contribution in [0, 0.1) is 11.7 Å². The minimum absolute atomic E-state index is 0.0198. The molecule has 6 nitrogen and oxygen atoms in total. The van der Waals surface area contributed by atoms with E-state index in [1.54, 1.807) is 18.6 Å². The number of nitrogens with one attached hydrogen (secondary N) is 1. The van der Waals surface area contributed by atoms with E-state index >= 15 is 0 Å². The van der Waals surface area contributed by atoms with Gasteiger partial charge in [0.2, 0.25) is 0 Å². The highest BCUT2D eigenvalue weighted by molar-refractivity contribution is 7.18. The Balaban J connectivity index is 1.58. The number of thiazole rings is 1. The largest absolute Gasteiger partial charge is 0.348 e. The summed E-state index contributed by atoms with van der Waals surface area (Å²) >= 11 is 1.42. The Morgan fingerprint density at radius 1 is 1.37 bits per heavy atom. The molecule has 0 spiro atoms. The zero-order valence-corrected chi connectivity index (χ0v) is 17.5. The van der Waals surface area contributed by atoms with E-state index < -0.39 is 6.04 Å². The Bertz CT molecular complexity index is 1160. The normalized spacial score (nSPS) is 23.5. The van der Waals surface area contributed by atoms with Crippen LogP contribution in [0.2, 0.25) is 0 Å². The van der Waals surface area contributed by atoms with Crippen LogP contribution < -0.4 is 0 Å². The van der Waals surface area contributed by atoms with Crippen molar-refractivity contribution < 1.29 is 9.18 Å². The number of aliphatic imine (C=N–C) groups is 1. The summed E-state index contributed by atoms with van der Waals surface area (Å²) in [5, 5.41) is 0.685. The number of halogens is 1. The molecule has 154 valence electrons. The lowest BCUT2D eigenvalue weighted by Gasteiger charge is -2.34. The summed E-state index contributed by atoms with van der Waals surface area (Å²) in [6.07, 6.45) is 7.62. The van der Waals surface area contributed by atoms with E-state index in [0.717, 1.165) is 41.0 Å². The molecule has 4 heterocycles. The number of allylic oxidation sites excluding steroid dienone is 1. The Labute approximate surface area is 177 Å². The van der Waals surface area contributed by atoms with Gasteiger partial charge in [-0.05, 0) is 37.0 Å². The van der Waals surface area contributed by atoms with Crippen LogP contribution in [-0.4, -0.2) is 45.1 Å². The van der Waals surface area contributed by atoms with E-state index in [2.05, 4.69) is 26.9 Å². The highest BCUT2D eigenvalue weighted by Crippen LogP contribution is 2.39. The number of amides is 1. The van der Waals surface area contributed by atoms with Gasteiger partial charge in [-0.25, -0.2) is 14.4 Å². The van der Waals surface area contributed by atoms with Crippen molar-refractivity contribution in [2.45, 2.75) is 32.2 Å². The van der Waals surface area contributed by atoms with Gasteiger partial charge in [0.25, 0.3) is 5.91 Å². The molecule has 1 aromatic carbocycles. The van der Waals surface area contributed by atoms with Gasteiger partial charge in [0.1, 0.15) is 22.4 Å². The Kier molecular flexibility index (Phi) is 4.94. The number of para-hydroxylation sites is 1. The summed E-state index contributed by atoms with van der Waals surface area (Å²) in [5.41, 5.74) is 2.90. The van der Waals surface area contributed by atoms with Gasteiger partial charge >= 0.3 is 0 Å². The predicted octanol–water partition coefficient (Wildman–Crippen LogP) is 4.06. The maximum absolute atomic E-state index is 14.3. The molecule has 0 saturated heterocycles. The number of hydrogen-bond donors (Lipinski definition) is 1. The second-order valence-corrected chi connectivity index (χ2v) is 8.96. The molecule has 1 unspecified atom stereocenters. The molecule has 0 radical (unpaired) electrons. The zero-order valence-electron chi connectivity index (χ0n) is 16.6. The number of imidazole rings is 1. The fourth-order valence-electron chi connectivity index (χ4n) is 4.20. The molecule has 3 aromatic rings. The number of nitrogens with zero attached hydrogens (tertiary/aromatic N) is 4. The molecule has 2 aromatic heterocycles. The molecule has 2 atom stereocenters. The molecule has 2 aliphatic heterocycles. The number of hydrogen-bond acceptors (Lipinski definition) is 5.